The van der Waals surface area contributed by atoms with Crippen LogP contribution in [0.5, 0.6) is 0 Å². The first-order chi connectivity index (χ1) is 12.1. The molecule has 25 heavy (non-hydrogen) atoms. The molecule has 0 amide bonds. The molecule has 1 aliphatic rings. The molecule has 0 N–H and O–H groups in total. The van der Waals surface area contributed by atoms with Gasteiger partial charge < -0.3 is 0 Å². The zero-order chi connectivity index (χ0) is 17.4. The van der Waals surface area contributed by atoms with Gasteiger partial charge in [-0.05, 0) is 25.1 Å². The monoisotopic (exact) mass is 370 g/mol. The molecule has 0 fully saturated rings. The molecule has 0 bridgehead atoms. The van der Waals surface area contributed by atoms with Crippen molar-refractivity contribution >= 4 is 28.1 Å². The Morgan fingerprint density at radius 2 is 2.08 bits per heavy atom. The second-order valence-electron chi connectivity index (χ2n) is 6.22. The summed E-state index contributed by atoms with van der Waals surface area (Å²) < 4.78 is 1.81. The van der Waals surface area contributed by atoms with Crippen LogP contribution >= 0.6 is 23.1 Å². The van der Waals surface area contributed by atoms with E-state index in [1.54, 1.807) is 29.3 Å². The molecule has 4 heterocycles. The maximum Gasteiger partial charge on any atom is 0.232 e. The number of hydrogen-bond acceptors (Lipinski definition) is 7. The smallest absolute Gasteiger partial charge is 0.232 e. The van der Waals surface area contributed by atoms with Gasteiger partial charge in [-0.3, -0.25) is 9.98 Å². The average molecular weight is 371 g/mol. The predicted molar refractivity (Wildman–Crippen MR) is 102 cm³/mol. The zero-order valence-electron chi connectivity index (χ0n) is 14.2. The molecule has 0 saturated carbocycles. The quantitative estimate of drug-likeness (QED) is 0.697. The molecule has 1 aliphatic heterocycles. The van der Waals surface area contributed by atoms with Crippen molar-refractivity contribution in [2.45, 2.75) is 38.0 Å². The molecular weight excluding hydrogens is 352 g/mol. The Labute approximate surface area is 154 Å². The molecule has 2 atom stereocenters. The largest absolute Gasteiger partial charge is 0.273 e. The van der Waals surface area contributed by atoms with Gasteiger partial charge in [0.2, 0.25) is 5.13 Å². The molecular formula is C17H18N6S2. The Hall–Kier alpha value is -2.06. The highest BCUT2D eigenvalue weighted by atomic mass is 32.2. The van der Waals surface area contributed by atoms with Crippen molar-refractivity contribution in [2.75, 3.05) is 0 Å². The van der Waals surface area contributed by atoms with Crippen molar-refractivity contribution in [1.29, 1.82) is 0 Å². The van der Waals surface area contributed by atoms with E-state index in [0.717, 1.165) is 26.4 Å². The fourth-order valence-electron chi connectivity index (χ4n) is 2.59. The molecule has 128 valence electrons. The van der Waals surface area contributed by atoms with Gasteiger partial charge in [-0.1, -0.05) is 36.9 Å². The third-order valence-corrected chi connectivity index (χ3v) is 6.59. The first kappa shape index (κ1) is 16.4. The van der Waals surface area contributed by atoms with Gasteiger partial charge in [0.25, 0.3) is 0 Å². The summed E-state index contributed by atoms with van der Waals surface area (Å²) in [5, 5.41) is 16.3. The van der Waals surface area contributed by atoms with E-state index in [9.17, 15) is 0 Å². The van der Waals surface area contributed by atoms with E-state index >= 15 is 0 Å². The second-order valence-corrected chi connectivity index (χ2v) is 8.34. The highest BCUT2D eigenvalue weighted by Gasteiger charge is 2.31. The second kappa shape index (κ2) is 6.68. The third kappa shape index (κ3) is 3.23. The van der Waals surface area contributed by atoms with Crippen LogP contribution in [0.2, 0.25) is 0 Å². The predicted octanol–water partition coefficient (Wildman–Crippen LogP) is 3.87. The van der Waals surface area contributed by atoms with Crippen LogP contribution in [-0.2, 0) is 0 Å². The molecule has 0 spiro atoms. The maximum atomic E-state index is 4.79. The van der Waals surface area contributed by atoms with Crippen molar-refractivity contribution in [3.8, 4) is 5.13 Å². The molecule has 0 radical (unpaired) electrons. The number of aliphatic imine (C=N–C) groups is 1. The summed E-state index contributed by atoms with van der Waals surface area (Å²) in [5.41, 5.74) is 2.08. The lowest BCUT2D eigenvalue weighted by Crippen LogP contribution is -2.06. The summed E-state index contributed by atoms with van der Waals surface area (Å²) in [6.07, 6.45) is 5.59. The molecule has 6 nitrogen and oxygen atoms in total. The van der Waals surface area contributed by atoms with Crippen LogP contribution < -0.4 is 0 Å². The standard InChI is InChI=1S/C17H18N6S2/c1-10(2)15-20-21-17(25-15)23-8-6-13(22-23)14-11(3)19-16(24-14)12-5-4-7-18-9-12/h4-11,14H,1-3H3. The van der Waals surface area contributed by atoms with Gasteiger partial charge in [0.1, 0.15) is 10.1 Å². The summed E-state index contributed by atoms with van der Waals surface area (Å²) in [6, 6.07) is 6.20. The third-order valence-electron chi connectivity index (χ3n) is 3.93. The molecule has 4 rings (SSSR count). The summed E-state index contributed by atoms with van der Waals surface area (Å²) in [6.45, 7) is 6.36. The number of aromatic nitrogens is 5. The van der Waals surface area contributed by atoms with Crippen LogP contribution in [0.15, 0.2) is 41.8 Å². The van der Waals surface area contributed by atoms with Crippen LogP contribution in [-0.4, -0.2) is 36.0 Å². The van der Waals surface area contributed by atoms with Crippen molar-refractivity contribution in [2.24, 2.45) is 4.99 Å². The van der Waals surface area contributed by atoms with Gasteiger partial charge >= 0.3 is 0 Å². The highest BCUT2D eigenvalue weighted by Crippen LogP contribution is 2.41. The maximum absolute atomic E-state index is 4.79. The summed E-state index contributed by atoms with van der Waals surface area (Å²) in [5.74, 6) is 0.377. The van der Waals surface area contributed by atoms with Gasteiger partial charge in [-0.2, -0.15) is 5.10 Å². The Bertz CT molecular complexity index is 899. The minimum atomic E-state index is 0.171. The molecule has 0 aliphatic carbocycles. The Balaban J connectivity index is 1.55. The van der Waals surface area contributed by atoms with E-state index < -0.39 is 0 Å². The van der Waals surface area contributed by atoms with Crippen molar-refractivity contribution < 1.29 is 0 Å². The topological polar surface area (TPSA) is 68.8 Å². The summed E-state index contributed by atoms with van der Waals surface area (Å²) in [7, 11) is 0. The number of rotatable bonds is 4. The van der Waals surface area contributed by atoms with E-state index in [0.29, 0.717) is 5.92 Å². The summed E-state index contributed by atoms with van der Waals surface area (Å²) >= 11 is 3.33. The number of hydrogen-bond donors (Lipinski definition) is 0. The first-order valence-electron chi connectivity index (χ1n) is 8.16. The summed E-state index contributed by atoms with van der Waals surface area (Å²) in [4.78, 5) is 8.98. The highest BCUT2D eigenvalue weighted by molar-refractivity contribution is 8.14. The molecule has 2 unspecified atom stereocenters. The van der Waals surface area contributed by atoms with Gasteiger partial charge in [0.05, 0.1) is 17.0 Å². The van der Waals surface area contributed by atoms with Crippen molar-refractivity contribution in [3.63, 3.8) is 0 Å². The van der Waals surface area contributed by atoms with E-state index in [4.69, 9.17) is 10.1 Å². The van der Waals surface area contributed by atoms with Gasteiger partial charge in [0.15, 0.2) is 0 Å². The molecule has 8 heteroatoms. The Morgan fingerprint density at radius 1 is 1.20 bits per heavy atom. The fourth-order valence-corrected chi connectivity index (χ4v) is 4.60. The SMILES string of the molecule is CC(C)c1nnc(-n2ccc(C3SC(c4cccnc4)=NC3C)n2)s1. The molecule has 3 aromatic heterocycles. The number of thioether (sulfide) groups is 1. The van der Waals surface area contributed by atoms with E-state index in [1.807, 2.05) is 35.3 Å². The average Bonchev–Trinajstić information content (AvgIpc) is 3.34. The van der Waals surface area contributed by atoms with Gasteiger partial charge in [-0.25, -0.2) is 4.68 Å². The minimum absolute atomic E-state index is 0.171. The van der Waals surface area contributed by atoms with Crippen LogP contribution in [0, 0.1) is 0 Å². The lowest BCUT2D eigenvalue weighted by molar-refractivity contribution is 0.705. The van der Waals surface area contributed by atoms with Crippen LogP contribution in [0.1, 0.15) is 48.2 Å². The fraction of sp³-hybridized carbons (Fsp3) is 0.353. The van der Waals surface area contributed by atoms with Crippen molar-refractivity contribution in [1.82, 2.24) is 25.0 Å². The van der Waals surface area contributed by atoms with Gasteiger partial charge in [-0.15, -0.1) is 10.2 Å². The molecule has 3 aromatic rings. The molecule has 0 aromatic carbocycles. The van der Waals surface area contributed by atoms with E-state index in [2.05, 4.69) is 36.0 Å². The lowest BCUT2D eigenvalue weighted by atomic mass is 10.2. The first-order valence-corrected chi connectivity index (χ1v) is 9.85. The van der Waals surface area contributed by atoms with Gasteiger partial charge in [0, 0.05) is 30.1 Å². The normalized spacial score (nSPS) is 20.2. The van der Waals surface area contributed by atoms with Crippen LogP contribution in [0.25, 0.3) is 5.13 Å². The lowest BCUT2D eigenvalue weighted by Gasteiger charge is -2.09. The van der Waals surface area contributed by atoms with E-state index in [1.165, 1.54) is 0 Å². The van der Waals surface area contributed by atoms with Crippen LogP contribution in [0.4, 0.5) is 0 Å². The molecule has 0 saturated heterocycles. The minimum Gasteiger partial charge on any atom is -0.273 e. The number of pyridine rings is 1. The van der Waals surface area contributed by atoms with Crippen molar-refractivity contribution in [3.05, 3.63) is 53.1 Å². The Morgan fingerprint density at radius 3 is 2.80 bits per heavy atom. The number of nitrogens with zero attached hydrogens (tertiary/aromatic N) is 6. The van der Waals surface area contributed by atoms with E-state index in [-0.39, 0.29) is 11.3 Å². The van der Waals surface area contributed by atoms with Crippen LogP contribution in [0.3, 0.4) is 0 Å². The zero-order valence-corrected chi connectivity index (χ0v) is 15.8. The Kier molecular flexibility index (Phi) is 4.39.